The zero-order valence-electron chi connectivity index (χ0n) is 17.8. The Labute approximate surface area is 201 Å². The van der Waals surface area contributed by atoms with Crippen LogP contribution in [0.3, 0.4) is 0 Å². The van der Waals surface area contributed by atoms with Crippen LogP contribution in [0.15, 0.2) is 47.6 Å². The van der Waals surface area contributed by atoms with Crippen LogP contribution in [-0.4, -0.2) is 36.6 Å². The fraction of sp³-hybridized carbons (Fsp3) is 0.304. The van der Waals surface area contributed by atoms with Crippen molar-refractivity contribution in [2.45, 2.75) is 38.1 Å². The maximum Gasteiger partial charge on any atom is 0.329 e. The Morgan fingerprint density at radius 1 is 0.970 bits per heavy atom. The molecule has 3 N–H and O–H groups in total. The van der Waals surface area contributed by atoms with E-state index in [1.807, 2.05) is 0 Å². The summed E-state index contributed by atoms with van der Waals surface area (Å²) >= 11 is 11.7. The maximum atomic E-state index is 12.0. The van der Waals surface area contributed by atoms with E-state index in [4.69, 9.17) is 27.9 Å². The molecule has 2 aromatic carbocycles. The predicted molar refractivity (Wildman–Crippen MR) is 128 cm³/mol. The minimum absolute atomic E-state index is 0.0477. The Morgan fingerprint density at radius 3 is 2.39 bits per heavy atom. The molecule has 0 aromatic heterocycles. The molecule has 1 saturated carbocycles. The highest BCUT2D eigenvalue weighted by Crippen LogP contribution is 2.25. The van der Waals surface area contributed by atoms with Crippen LogP contribution in [-0.2, 0) is 14.4 Å². The number of anilines is 1. The summed E-state index contributed by atoms with van der Waals surface area (Å²) in [5, 5.41) is 9.75. The van der Waals surface area contributed by atoms with Gasteiger partial charge in [-0.15, -0.1) is 0 Å². The Hall–Kier alpha value is -3.10. The second-order valence-electron chi connectivity index (χ2n) is 7.54. The van der Waals surface area contributed by atoms with Gasteiger partial charge in [-0.3, -0.25) is 14.4 Å². The molecule has 1 aliphatic carbocycles. The molecule has 174 valence electrons. The molecule has 33 heavy (non-hydrogen) atoms. The number of ether oxygens (including phenoxy) is 1. The van der Waals surface area contributed by atoms with Gasteiger partial charge in [-0.1, -0.05) is 42.5 Å². The topological polar surface area (TPSA) is 109 Å². The lowest BCUT2D eigenvalue weighted by atomic mass is 9.95. The third-order valence-corrected chi connectivity index (χ3v) is 5.72. The lowest BCUT2D eigenvalue weighted by Crippen LogP contribution is -2.38. The molecular formula is C23H24Cl2N4O4. The first-order valence-corrected chi connectivity index (χ1v) is 11.3. The minimum Gasteiger partial charge on any atom is -0.484 e. The fourth-order valence-corrected chi connectivity index (χ4v) is 3.59. The number of hydrogen-bond donors (Lipinski definition) is 3. The number of nitrogens with zero attached hydrogens (tertiary/aromatic N) is 1. The number of hydrazone groups is 1. The van der Waals surface area contributed by atoms with Crippen LogP contribution in [0, 0.1) is 0 Å². The van der Waals surface area contributed by atoms with Gasteiger partial charge < -0.3 is 15.4 Å². The van der Waals surface area contributed by atoms with E-state index in [0.29, 0.717) is 22.0 Å². The molecule has 0 unspecified atom stereocenters. The van der Waals surface area contributed by atoms with Crippen molar-refractivity contribution < 1.29 is 19.1 Å². The molecular weight excluding hydrogens is 467 g/mol. The van der Waals surface area contributed by atoms with Crippen molar-refractivity contribution in [3.05, 3.63) is 58.1 Å². The van der Waals surface area contributed by atoms with Gasteiger partial charge in [-0.05, 0) is 60.9 Å². The van der Waals surface area contributed by atoms with Crippen LogP contribution in [0.1, 0.15) is 37.7 Å². The number of rotatable bonds is 7. The first kappa shape index (κ1) is 24.5. The predicted octanol–water partition coefficient (Wildman–Crippen LogP) is 3.91. The molecule has 8 nitrogen and oxygen atoms in total. The second kappa shape index (κ2) is 12.2. The molecule has 1 aliphatic rings. The van der Waals surface area contributed by atoms with E-state index in [-0.39, 0.29) is 23.6 Å². The van der Waals surface area contributed by atoms with Crippen LogP contribution >= 0.6 is 23.2 Å². The summed E-state index contributed by atoms with van der Waals surface area (Å²) in [6.07, 6.45) is 6.95. The SMILES string of the molecule is O=C(COc1ccc(/C=N/NC(=O)C(=O)Nc2ccc(Cl)c(Cl)c2)cc1)NC1CCCCC1. The zero-order valence-corrected chi connectivity index (χ0v) is 19.3. The lowest BCUT2D eigenvalue weighted by Gasteiger charge is -2.22. The van der Waals surface area contributed by atoms with Gasteiger partial charge in [0, 0.05) is 11.7 Å². The first-order chi connectivity index (χ1) is 15.9. The van der Waals surface area contributed by atoms with E-state index in [0.717, 1.165) is 25.7 Å². The van der Waals surface area contributed by atoms with Gasteiger partial charge in [0.05, 0.1) is 16.3 Å². The van der Waals surface area contributed by atoms with E-state index >= 15 is 0 Å². The highest BCUT2D eigenvalue weighted by atomic mass is 35.5. The van der Waals surface area contributed by atoms with Gasteiger partial charge in [0.15, 0.2) is 6.61 Å². The average molecular weight is 491 g/mol. The smallest absolute Gasteiger partial charge is 0.329 e. The van der Waals surface area contributed by atoms with Crippen molar-refractivity contribution in [3.63, 3.8) is 0 Å². The fourth-order valence-electron chi connectivity index (χ4n) is 3.29. The van der Waals surface area contributed by atoms with Crippen molar-refractivity contribution in [2.24, 2.45) is 5.10 Å². The van der Waals surface area contributed by atoms with Crippen molar-refractivity contribution in [1.29, 1.82) is 0 Å². The van der Waals surface area contributed by atoms with Gasteiger partial charge >= 0.3 is 11.8 Å². The third-order valence-electron chi connectivity index (χ3n) is 4.98. The van der Waals surface area contributed by atoms with Crippen molar-refractivity contribution in [1.82, 2.24) is 10.7 Å². The molecule has 0 radical (unpaired) electrons. The Morgan fingerprint density at radius 2 is 1.70 bits per heavy atom. The van der Waals surface area contributed by atoms with E-state index in [2.05, 4.69) is 21.2 Å². The average Bonchev–Trinajstić information content (AvgIpc) is 2.81. The summed E-state index contributed by atoms with van der Waals surface area (Å²) < 4.78 is 5.51. The van der Waals surface area contributed by atoms with Crippen LogP contribution in [0.4, 0.5) is 5.69 Å². The molecule has 10 heteroatoms. The van der Waals surface area contributed by atoms with Crippen molar-refractivity contribution in [3.8, 4) is 5.75 Å². The van der Waals surface area contributed by atoms with Crippen molar-refractivity contribution in [2.75, 3.05) is 11.9 Å². The molecule has 0 saturated heterocycles. The number of halogens is 2. The summed E-state index contributed by atoms with van der Waals surface area (Å²) in [6, 6.07) is 11.5. The molecule has 0 heterocycles. The number of benzene rings is 2. The van der Waals surface area contributed by atoms with E-state index in [1.54, 1.807) is 24.3 Å². The second-order valence-corrected chi connectivity index (χ2v) is 8.36. The van der Waals surface area contributed by atoms with E-state index in [1.165, 1.54) is 30.8 Å². The van der Waals surface area contributed by atoms with Gasteiger partial charge in [0.1, 0.15) is 5.75 Å². The first-order valence-electron chi connectivity index (χ1n) is 10.5. The third kappa shape index (κ3) is 8.07. The zero-order chi connectivity index (χ0) is 23.6. The molecule has 1 fully saturated rings. The molecule has 3 rings (SSSR count). The van der Waals surface area contributed by atoms with E-state index < -0.39 is 11.8 Å². The number of carbonyl (C=O) groups excluding carboxylic acids is 3. The van der Waals surface area contributed by atoms with Crippen molar-refractivity contribution >= 4 is 52.8 Å². The van der Waals surface area contributed by atoms with Gasteiger partial charge in [-0.25, -0.2) is 5.43 Å². The lowest BCUT2D eigenvalue weighted by molar-refractivity contribution is -0.136. The summed E-state index contributed by atoms with van der Waals surface area (Å²) in [5.74, 6) is -1.44. The molecule has 0 atom stereocenters. The van der Waals surface area contributed by atoms with Crippen LogP contribution in [0.25, 0.3) is 0 Å². The largest absolute Gasteiger partial charge is 0.484 e. The minimum atomic E-state index is -0.943. The number of hydrogen-bond acceptors (Lipinski definition) is 5. The summed E-state index contributed by atoms with van der Waals surface area (Å²) in [5.41, 5.74) is 3.14. The summed E-state index contributed by atoms with van der Waals surface area (Å²) in [6.45, 7) is -0.0477. The highest BCUT2D eigenvalue weighted by molar-refractivity contribution is 6.42. The highest BCUT2D eigenvalue weighted by Gasteiger charge is 2.16. The Bertz CT molecular complexity index is 1020. The number of amides is 3. The number of carbonyl (C=O) groups is 3. The Kier molecular flexibility index (Phi) is 9.09. The standard InChI is InChI=1S/C23H24Cl2N4O4/c24-19-11-8-17(12-20(19)25)28-22(31)23(32)29-26-13-15-6-9-18(10-7-15)33-14-21(30)27-16-4-2-1-3-5-16/h6-13,16H,1-5,14H2,(H,27,30)(H,28,31)(H,29,32)/b26-13+. The van der Waals surface area contributed by atoms with Gasteiger partial charge in [-0.2, -0.15) is 5.10 Å². The monoisotopic (exact) mass is 490 g/mol. The quantitative estimate of drug-likeness (QED) is 0.310. The molecule has 0 aliphatic heterocycles. The van der Waals surface area contributed by atoms with Crippen LogP contribution < -0.4 is 20.8 Å². The Balaban J connectivity index is 1.40. The van der Waals surface area contributed by atoms with Gasteiger partial charge in [0.25, 0.3) is 5.91 Å². The number of nitrogens with one attached hydrogen (secondary N) is 3. The molecule has 0 spiro atoms. The van der Waals surface area contributed by atoms with Crippen LogP contribution in [0.2, 0.25) is 10.0 Å². The maximum absolute atomic E-state index is 12.0. The normalized spacial score (nSPS) is 14.0. The molecule has 2 aromatic rings. The van der Waals surface area contributed by atoms with Gasteiger partial charge in [0.2, 0.25) is 0 Å². The van der Waals surface area contributed by atoms with E-state index in [9.17, 15) is 14.4 Å². The summed E-state index contributed by atoms with van der Waals surface area (Å²) in [7, 11) is 0. The molecule has 3 amide bonds. The molecule has 0 bridgehead atoms. The van der Waals surface area contributed by atoms with Crippen LogP contribution in [0.5, 0.6) is 5.75 Å². The summed E-state index contributed by atoms with van der Waals surface area (Å²) in [4.78, 5) is 35.8.